The molecule has 1 aromatic carbocycles. The molecule has 0 saturated heterocycles. The molecule has 2 aromatic rings. The summed E-state index contributed by atoms with van der Waals surface area (Å²) in [6.07, 6.45) is 4.66. The quantitative estimate of drug-likeness (QED) is 0.876. The summed E-state index contributed by atoms with van der Waals surface area (Å²) >= 11 is 0. The van der Waals surface area contributed by atoms with E-state index in [0.717, 1.165) is 18.5 Å². The minimum atomic E-state index is 0.207. The number of hydrogen-bond acceptors (Lipinski definition) is 2. The van der Waals surface area contributed by atoms with Gasteiger partial charge in [-0.3, -0.25) is 4.68 Å². The molecule has 90 valence electrons. The lowest BCUT2D eigenvalue weighted by Crippen LogP contribution is -1.99. The van der Waals surface area contributed by atoms with Crippen LogP contribution in [0.4, 0.5) is 0 Å². The van der Waals surface area contributed by atoms with E-state index in [9.17, 15) is 0 Å². The number of nitrogens with zero attached hydrogens (tertiary/aromatic N) is 2. The van der Waals surface area contributed by atoms with Gasteiger partial charge in [0.05, 0.1) is 6.20 Å². The van der Waals surface area contributed by atoms with Crippen LogP contribution >= 0.6 is 0 Å². The SMILES string of the molecule is Cc1ccc(-c2cnn(CCCO)c2)c(C)c1. The average Bonchev–Trinajstić information content (AvgIpc) is 2.75. The second-order valence-electron chi connectivity index (χ2n) is 4.39. The Morgan fingerprint density at radius 2 is 2.12 bits per heavy atom. The Hall–Kier alpha value is -1.61. The van der Waals surface area contributed by atoms with E-state index < -0.39 is 0 Å². The number of aliphatic hydroxyl groups excluding tert-OH is 1. The highest BCUT2D eigenvalue weighted by Crippen LogP contribution is 2.23. The highest BCUT2D eigenvalue weighted by molar-refractivity contribution is 5.66. The van der Waals surface area contributed by atoms with Crippen molar-refractivity contribution in [2.24, 2.45) is 0 Å². The van der Waals surface area contributed by atoms with Crippen LogP contribution in [-0.4, -0.2) is 21.5 Å². The molecule has 1 heterocycles. The lowest BCUT2D eigenvalue weighted by Gasteiger charge is -2.04. The first-order chi connectivity index (χ1) is 8.20. The van der Waals surface area contributed by atoms with Gasteiger partial charge in [0.1, 0.15) is 0 Å². The molecular weight excluding hydrogens is 212 g/mol. The molecule has 0 unspecified atom stereocenters. The minimum Gasteiger partial charge on any atom is -0.396 e. The Labute approximate surface area is 102 Å². The Kier molecular flexibility index (Phi) is 3.59. The second-order valence-corrected chi connectivity index (χ2v) is 4.39. The fraction of sp³-hybridized carbons (Fsp3) is 0.357. The lowest BCUT2D eigenvalue weighted by molar-refractivity contribution is 0.277. The monoisotopic (exact) mass is 230 g/mol. The van der Waals surface area contributed by atoms with Crippen LogP contribution in [0.3, 0.4) is 0 Å². The Bertz CT molecular complexity index is 503. The second kappa shape index (κ2) is 5.15. The molecule has 0 aliphatic heterocycles. The predicted octanol–water partition coefficient (Wildman–Crippen LogP) is 2.55. The average molecular weight is 230 g/mol. The number of rotatable bonds is 4. The van der Waals surface area contributed by atoms with Gasteiger partial charge in [-0.25, -0.2) is 0 Å². The Balaban J connectivity index is 2.24. The third-order valence-electron chi connectivity index (χ3n) is 2.87. The van der Waals surface area contributed by atoms with Crippen molar-refractivity contribution in [2.45, 2.75) is 26.8 Å². The zero-order chi connectivity index (χ0) is 12.3. The van der Waals surface area contributed by atoms with Crippen LogP contribution < -0.4 is 0 Å². The summed E-state index contributed by atoms with van der Waals surface area (Å²) in [6, 6.07) is 6.44. The maximum atomic E-state index is 8.78. The van der Waals surface area contributed by atoms with Crippen LogP contribution in [0, 0.1) is 13.8 Å². The van der Waals surface area contributed by atoms with Crippen LogP contribution in [0.15, 0.2) is 30.6 Å². The first-order valence-corrected chi connectivity index (χ1v) is 5.91. The number of hydrogen-bond donors (Lipinski definition) is 1. The number of aliphatic hydroxyl groups is 1. The van der Waals surface area contributed by atoms with Crippen molar-refractivity contribution in [3.63, 3.8) is 0 Å². The van der Waals surface area contributed by atoms with E-state index >= 15 is 0 Å². The van der Waals surface area contributed by atoms with Crippen molar-refractivity contribution in [1.82, 2.24) is 9.78 Å². The largest absolute Gasteiger partial charge is 0.396 e. The number of benzene rings is 1. The van der Waals surface area contributed by atoms with E-state index in [1.165, 1.54) is 16.7 Å². The molecule has 0 aliphatic carbocycles. The maximum Gasteiger partial charge on any atom is 0.0568 e. The fourth-order valence-corrected chi connectivity index (χ4v) is 2.00. The Morgan fingerprint density at radius 1 is 1.29 bits per heavy atom. The molecule has 0 atom stereocenters. The molecule has 17 heavy (non-hydrogen) atoms. The molecule has 0 aliphatic rings. The van der Waals surface area contributed by atoms with E-state index in [1.807, 2.05) is 17.1 Å². The van der Waals surface area contributed by atoms with Crippen LogP contribution in [-0.2, 0) is 6.54 Å². The topological polar surface area (TPSA) is 38.0 Å². The van der Waals surface area contributed by atoms with E-state index in [1.54, 1.807) is 0 Å². The predicted molar refractivity (Wildman–Crippen MR) is 68.8 cm³/mol. The van der Waals surface area contributed by atoms with Crippen LogP contribution in [0.1, 0.15) is 17.5 Å². The summed E-state index contributed by atoms with van der Waals surface area (Å²) in [5.41, 5.74) is 4.91. The Morgan fingerprint density at radius 3 is 2.82 bits per heavy atom. The zero-order valence-corrected chi connectivity index (χ0v) is 10.3. The maximum absolute atomic E-state index is 8.78. The van der Waals surface area contributed by atoms with E-state index in [4.69, 9.17) is 5.11 Å². The lowest BCUT2D eigenvalue weighted by atomic mass is 10.0. The molecular formula is C14H18N2O. The molecule has 0 radical (unpaired) electrons. The van der Waals surface area contributed by atoms with Crippen molar-refractivity contribution in [2.75, 3.05) is 6.61 Å². The van der Waals surface area contributed by atoms with Gasteiger partial charge in [0.2, 0.25) is 0 Å². The molecule has 1 aromatic heterocycles. The van der Waals surface area contributed by atoms with E-state index in [-0.39, 0.29) is 6.61 Å². The van der Waals surface area contributed by atoms with Crippen molar-refractivity contribution < 1.29 is 5.11 Å². The number of aryl methyl sites for hydroxylation is 3. The van der Waals surface area contributed by atoms with Gasteiger partial charge in [0.25, 0.3) is 0 Å². The van der Waals surface area contributed by atoms with Gasteiger partial charge in [-0.05, 0) is 31.4 Å². The summed E-state index contributed by atoms with van der Waals surface area (Å²) in [5, 5.41) is 13.1. The smallest absolute Gasteiger partial charge is 0.0568 e. The highest BCUT2D eigenvalue weighted by atomic mass is 16.3. The van der Waals surface area contributed by atoms with Crippen molar-refractivity contribution >= 4 is 0 Å². The van der Waals surface area contributed by atoms with Crippen LogP contribution in [0.25, 0.3) is 11.1 Å². The third-order valence-corrected chi connectivity index (χ3v) is 2.87. The van der Waals surface area contributed by atoms with Gasteiger partial charge < -0.3 is 5.11 Å². The van der Waals surface area contributed by atoms with Gasteiger partial charge >= 0.3 is 0 Å². The van der Waals surface area contributed by atoms with Crippen LogP contribution in [0.5, 0.6) is 0 Å². The summed E-state index contributed by atoms with van der Waals surface area (Å²) in [6.45, 7) is 5.19. The number of aromatic nitrogens is 2. The van der Waals surface area contributed by atoms with Gasteiger partial charge in [0, 0.05) is 24.9 Å². The van der Waals surface area contributed by atoms with E-state index in [0.29, 0.717) is 0 Å². The van der Waals surface area contributed by atoms with Crippen molar-refractivity contribution in [3.8, 4) is 11.1 Å². The first-order valence-electron chi connectivity index (χ1n) is 5.91. The zero-order valence-electron chi connectivity index (χ0n) is 10.3. The minimum absolute atomic E-state index is 0.207. The van der Waals surface area contributed by atoms with Crippen molar-refractivity contribution in [3.05, 3.63) is 41.7 Å². The molecule has 0 fully saturated rings. The van der Waals surface area contributed by atoms with Gasteiger partial charge in [-0.15, -0.1) is 0 Å². The molecule has 1 N–H and O–H groups in total. The summed E-state index contributed by atoms with van der Waals surface area (Å²) in [7, 11) is 0. The van der Waals surface area contributed by atoms with Gasteiger partial charge in [-0.2, -0.15) is 5.10 Å². The molecule has 0 amide bonds. The molecule has 3 heteroatoms. The standard InChI is InChI=1S/C14H18N2O/c1-11-4-5-14(12(2)8-11)13-9-15-16(10-13)6-3-7-17/h4-5,8-10,17H,3,6-7H2,1-2H3. The van der Waals surface area contributed by atoms with Gasteiger partial charge in [-0.1, -0.05) is 23.8 Å². The summed E-state index contributed by atoms with van der Waals surface area (Å²) in [4.78, 5) is 0. The fourth-order valence-electron chi connectivity index (χ4n) is 2.00. The normalized spacial score (nSPS) is 10.8. The summed E-state index contributed by atoms with van der Waals surface area (Å²) < 4.78 is 1.88. The molecule has 3 nitrogen and oxygen atoms in total. The molecule has 0 bridgehead atoms. The first kappa shape index (κ1) is 11.9. The molecule has 2 rings (SSSR count). The van der Waals surface area contributed by atoms with Gasteiger partial charge in [0.15, 0.2) is 0 Å². The van der Waals surface area contributed by atoms with Crippen LogP contribution in [0.2, 0.25) is 0 Å². The summed E-state index contributed by atoms with van der Waals surface area (Å²) in [5.74, 6) is 0. The van der Waals surface area contributed by atoms with Crippen molar-refractivity contribution in [1.29, 1.82) is 0 Å². The highest BCUT2D eigenvalue weighted by Gasteiger charge is 2.04. The molecule has 0 spiro atoms. The van der Waals surface area contributed by atoms with E-state index in [2.05, 4.69) is 37.1 Å². The third kappa shape index (κ3) is 2.74. The molecule has 0 saturated carbocycles.